The molecule has 0 radical (unpaired) electrons. The van der Waals surface area contributed by atoms with Gasteiger partial charge in [-0.15, -0.1) is 0 Å². The van der Waals surface area contributed by atoms with Gasteiger partial charge >= 0.3 is 0 Å². The van der Waals surface area contributed by atoms with E-state index in [1.54, 1.807) is 0 Å². The van der Waals surface area contributed by atoms with Crippen molar-refractivity contribution in [3.63, 3.8) is 0 Å². The highest BCUT2D eigenvalue weighted by Crippen LogP contribution is 2.45. The van der Waals surface area contributed by atoms with Crippen molar-refractivity contribution in [2.45, 2.75) is 6.92 Å². The van der Waals surface area contributed by atoms with Crippen molar-refractivity contribution in [1.29, 1.82) is 0 Å². The summed E-state index contributed by atoms with van der Waals surface area (Å²) in [5.41, 5.74) is 8.68. The molecule has 6 aromatic carbocycles. The Bertz CT molecular complexity index is 1870. The van der Waals surface area contributed by atoms with E-state index in [0.717, 1.165) is 0 Å². The quantitative estimate of drug-likeness (QED) is 0.234. The molecule has 0 saturated carbocycles. The second-order valence-electron chi connectivity index (χ2n) is 9.64. The predicted molar refractivity (Wildman–Crippen MR) is 158 cm³/mol. The molecular weight excluding hydrogens is 446 g/mol. The molecule has 174 valence electrons. The first-order valence-electron chi connectivity index (χ1n) is 12.7. The van der Waals surface area contributed by atoms with Crippen molar-refractivity contribution < 1.29 is 0 Å². The van der Waals surface area contributed by atoms with E-state index in [1.807, 2.05) is 12.4 Å². The highest BCUT2D eigenvalue weighted by Gasteiger charge is 2.17. The van der Waals surface area contributed by atoms with E-state index in [0.29, 0.717) is 0 Å². The Hall–Kier alpha value is -4.75. The molecule has 0 N–H and O–H groups in total. The molecule has 0 spiro atoms. The summed E-state index contributed by atoms with van der Waals surface area (Å²) >= 11 is 0. The van der Waals surface area contributed by atoms with Crippen LogP contribution in [0, 0.1) is 6.92 Å². The van der Waals surface area contributed by atoms with Gasteiger partial charge < -0.3 is 0 Å². The fraction of sp³-hybridized carbons (Fsp3) is 0.0278. The molecule has 0 amide bonds. The Balaban J connectivity index is 1.53. The van der Waals surface area contributed by atoms with Crippen LogP contribution in [0.3, 0.4) is 0 Å². The minimum Gasteiger partial charge on any atom is -0.264 e. The molecular formula is C36H25N. The molecule has 0 aliphatic heterocycles. The van der Waals surface area contributed by atoms with Crippen LogP contribution in [-0.4, -0.2) is 4.98 Å². The van der Waals surface area contributed by atoms with Gasteiger partial charge in [0.15, 0.2) is 0 Å². The zero-order valence-electron chi connectivity index (χ0n) is 20.6. The first kappa shape index (κ1) is 21.5. The second-order valence-corrected chi connectivity index (χ2v) is 9.64. The summed E-state index contributed by atoms with van der Waals surface area (Å²) in [5.74, 6) is 0. The lowest BCUT2D eigenvalue weighted by atomic mass is 9.84. The van der Waals surface area contributed by atoms with Crippen molar-refractivity contribution in [3.8, 4) is 33.4 Å². The van der Waals surface area contributed by atoms with Gasteiger partial charge in [0.2, 0.25) is 0 Å². The Morgan fingerprint density at radius 3 is 1.62 bits per heavy atom. The van der Waals surface area contributed by atoms with E-state index in [4.69, 9.17) is 0 Å². The van der Waals surface area contributed by atoms with Crippen molar-refractivity contribution in [3.05, 3.63) is 139 Å². The van der Waals surface area contributed by atoms with Gasteiger partial charge in [-0.1, -0.05) is 115 Å². The first-order valence-corrected chi connectivity index (χ1v) is 12.7. The molecule has 0 fully saturated rings. The van der Waals surface area contributed by atoms with Crippen LogP contribution in [-0.2, 0) is 0 Å². The van der Waals surface area contributed by atoms with Gasteiger partial charge in [0.1, 0.15) is 0 Å². The average Bonchev–Trinajstić information content (AvgIpc) is 2.96. The number of aryl methyl sites for hydroxylation is 1. The molecule has 0 saturated heterocycles. The zero-order valence-corrected chi connectivity index (χ0v) is 20.6. The Labute approximate surface area is 216 Å². The Morgan fingerprint density at radius 2 is 0.973 bits per heavy atom. The van der Waals surface area contributed by atoms with Crippen LogP contribution in [0.15, 0.2) is 134 Å². The van der Waals surface area contributed by atoms with Gasteiger partial charge in [0.25, 0.3) is 0 Å². The summed E-state index contributed by atoms with van der Waals surface area (Å²) in [6.45, 7) is 2.14. The molecule has 0 atom stereocenters. The average molecular weight is 472 g/mol. The Kier molecular flexibility index (Phi) is 5.08. The molecule has 1 aromatic heterocycles. The molecule has 1 heteroatoms. The zero-order chi connectivity index (χ0) is 24.8. The van der Waals surface area contributed by atoms with Gasteiger partial charge in [0, 0.05) is 18.0 Å². The van der Waals surface area contributed by atoms with Crippen molar-refractivity contribution in [1.82, 2.24) is 4.98 Å². The number of hydrogen-bond acceptors (Lipinski definition) is 1. The van der Waals surface area contributed by atoms with Crippen LogP contribution in [0.4, 0.5) is 0 Å². The highest BCUT2D eigenvalue weighted by atomic mass is 14.6. The molecule has 0 unspecified atom stereocenters. The third-order valence-electron chi connectivity index (χ3n) is 7.51. The van der Waals surface area contributed by atoms with Crippen LogP contribution in [0.5, 0.6) is 0 Å². The second kappa shape index (κ2) is 8.72. The molecule has 0 aliphatic rings. The maximum Gasteiger partial charge on any atom is 0.0349 e. The van der Waals surface area contributed by atoms with Crippen molar-refractivity contribution >= 4 is 32.3 Å². The van der Waals surface area contributed by atoms with E-state index in [1.165, 1.54) is 71.3 Å². The van der Waals surface area contributed by atoms with Gasteiger partial charge in [-0.2, -0.15) is 0 Å². The number of pyridine rings is 1. The first-order chi connectivity index (χ1) is 18.3. The number of rotatable bonds is 3. The summed E-state index contributed by atoms with van der Waals surface area (Å²) in [5, 5.41) is 7.64. The smallest absolute Gasteiger partial charge is 0.0349 e. The predicted octanol–water partition coefficient (Wildman–Crippen LogP) is 9.85. The highest BCUT2D eigenvalue weighted by molar-refractivity contribution is 6.23. The SMILES string of the molecule is Cc1ccncc1-c1ccc(-c2c3ccccc3c(-c3cccc4ccccc34)c3ccccc23)cc1. The third-order valence-corrected chi connectivity index (χ3v) is 7.51. The molecule has 0 aliphatic carbocycles. The number of nitrogens with zero attached hydrogens (tertiary/aromatic N) is 1. The van der Waals surface area contributed by atoms with Gasteiger partial charge in [-0.25, -0.2) is 0 Å². The molecule has 37 heavy (non-hydrogen) atoms. The molecule has 7 aromatic rings. The monoisotopic (exact) mass is 471 g/mol. The molecule has 1 heterocycles. The summed E-state index contributed by atoms with van der Waals surface area (Å²) in [6, 6.07) is 44.1. The lowest BCUT2D eigenvalue weighted by molar-refractivity contribution is 1.29. The van der Waals surface area contributed by atoms with Crippen molar-refractivity contribution in [2.24, 2.45) is 0 Å². The number of benzene rings is 6. The third kappa shape index (κ3) is 3.51. The summed E-state index contributed by atoms with van der Waals surface area (Å²) in [4.78, 5) is 4.34. The van der Waals surface area contributed by atoms with Gasteiger partial charge in [0.05, 0.1) is 0 Å². The summed E-state index contributed by atoms with van der Waals surface area (Å²) in [6.07, 6.45) is 3.80. The molecule has 7 rings (SSSR count). The summed E-state index contributed by atoms with van der Waals surface area (Å²) in [7, 11) is 0. The van der Waals surface area contributed by atoms with Crippen molar-refractivity contribution in [2.75, 3.05) is 0 Å². The van der Waals surface area contributed by atoms with Gasteiger partial charge in [-0.3, -0.25) is 4.98 Å². The maximum absolute atomic E-state index is 4.34. The fourth-order valence-electron chi connectivity index (χ4n) is 5.76. The van der Waals surface area contributed by atoms with Gasteiger partial charge in [-0.05, 0) is 78.7 Å². The minimum atomic E-state index is 1.18. The maximum atomic E-state index is 4.34. The van der Waals surface area contributed by atoms with E-state index in [-0.39, 0.29) is 0 Å². The van der Waals surface area contributed by atoms with Crippen LogP contribution in [0.2, 0.25) is 0 Å². The largest absolute Gasteiger partial charge is 0.264 e. The van der Waals surface area contributed by atoms with E-state index >= 15 is 0 Å². The lowest BCUT2D eigenvalue weighted by Gasteiger charge is -2.19. The standard InChI is InChI=1S/C36H25N/c1-24-21-22-37-23-34(24)26-17-19-27(20-18-26)35-30-12-4-6-14-32(30)36(33-15-7-5-13-31(33)35)29-16-8-10-25-9-2-3-11-28(25)29/h2-23H,1H3. The molecule has 1 nitrogen and oxygen atoms in total. The molecule has 0 bridgehead atoms. The minimum absolute atomic E-state index is 1.18. The number of aromatic nitrogens is 1. The van der Waals surface area contributed by atoms with Crippen LogP contribution < -0.4 is 0 Å². The fourth-order valence-corrected chi connectivity index (χ4v) is 5.76. The van der Waals surface area contributed by atoms with E-state index < -0.39 is 0 Å². The van der Waals surface area contributed by atoms with Crippen LogP contribution in [0.25, 0.3) is 65.7 Å². The van der Waals surface area contributed by atoms with E-state index in [2.05, 4.69) is 133 Å². The van der Waals surface area contributed by atoms with Crippen LogP contribution >= 0.6 is 0 Å². The van der Waals surface area contributed by atoms with Crippen LogP contribution in [0.1, 0.15) is 5.56 Å². The summed E-state index contributed by atoms with van der Waals surface area (Å²) < 4.78 is 0. The Morgan fingerprint density at radius 1 is 0.432 bits per heavy atom. The number of fused-ring (bicyclic) bond motifs is 3. The normalized spacial score (nSPS) is 11.4. The number of hydrogen-bond donors (Lipinski definition) is 0. The topological polar surface area (TPSA) is 12.9 Å². The van der Waals surface area contributed by atoms with E-state index in [9.17, 15) is 0 Å². The lowest BCUT2D eigenvalue weighted by Crippen LogP contribution is -1.92.